The topological polar surface area (TPSA) is 61.8 Å². The average molecular weight is 857 g/mol. The molecule has 0 N–H and O–H groups in total. The molecule has 0 aromatic heterocycles. The maximum Gasteiger partial charge on any atom is 0.309 e. The fourth-order valence-corrected chi connectivity index (χ4v) is 6.33. The van der Waals surface area contributed by atoms with Gasteiger partial charge in [-0.25, -0.2) is 0 Å². The molecule has 1 atom stereocenters. The fraction of sp³-hybridized carbons (Fsp3) is 0.614. The van der Waals surface area contributed by atoms with Crippen molar-refractivity contribution >= 4 is 11.9 Å². The van der Waals surface area contributed by atoms with Gasteiger partial charge in [0.1, 0.15) is 6.61 Å². The fourth-order valence-electron chi connectivity index (χ4n) is 6.33. The highest BCUT2D eigenvalue weighted by Gasteiger charge is 2.17. The third-order valence-electron chi connectivity index (χ3n) is 10.00. The molecule has 0 heterocycles. The third kappa shape index (κ3) is 49.0. The van der Waals surface area contributed by atoms with Gasteiger partial charge in [-0.05, 0) is 109 Å². The van der Waals surface area contributed by atoms with Crippen LogP contribution in [0.1, 0.15) is 201 Å². The Labute approximate surface area is 382 Å². The van der Waals surface area contributed by atoms with Crippen molar-refractivity contribution in [2.75, 3.05) is 19.8 Å². The summed E-state index contributed by atoms with van der Waals surface area (Å²) in [6.07, 6.45) is 72.3. The number of allylic oxidation sites excluding steroid dienone is 19. The first-order valence-corrected chi connectivity index (χ1v) is 25.1. The number of esters is 2. The number of carbonyl (C=O) groups excluding carboxylic acids is 2. The summed E-state index contributed by atoms with van der Waals surface area (Å²) in [4.78, 5) is 25.3. The summed E-state index contributed by atoms with van der Waals surface area (Å²) < 4.78 is 17.3. The standard InChI is InChI=1S/C57H92O5/c1-4-7-10-13-16-19-22-25-28-31-34-37-40-43-46-49-52-60-53-55(62-57(59)51-48-45-42-39-36-33-30-27-24-21-18-15-12-9-6-3)54-61-56(58)50-47-44-41-38-35-32-29-26-23-20-17-14-11-8-5-2/h8-9,11-12,16-21,25-30,35,38,44,47,55H,4-7,10,13-15,22-24,31-34,36-37,39-43,45-46,48-54H2,1-3H3/b11-8-,12-9-,19-16-,20-17-,21-18-,28-25-,29-26-,30-27-,38-35-,47-44-. The van der Waals surface area contributed by atoms with Crippen LogP contribution in [0.5, 0.6) is 0 Å². The summed E-state index contributed by atoms with van der Waals surface area (Å²) in [6, 6.07) is 0. The monoisotopic (exact) mass is 857 g/mol. The molecule has 0 radical (unpaired) electrons. The summed E-state index contributed by atoms with van der Waals surface area (Å²) in [5, 5.41) is 0. The first-order valence-electron chi connectivity index (χ1n) is 25.1. The maximum absolute atomic E-state index is 12.8. The van der Waals surface area contributed by atoms with Crippen LogP contribution in [0.4, 0.5) is 0 Å². The van der Waals surface area contributed by atoms with Gasteiger partial charge in [0.2, 0.25) is 0 Å². The second-order valence-electron chi connectivity index (χ2n) is 16.0. The van der Waals surface area contributed by atoms with Crippen molar-refractivity contribution < 1.29 is 23.8 Å². The molecule has 0 spiro atoms. The quantitative estimate of drug-likeness (QED) is 0.0347. The lowest BCUT2D eigenvalue weighted by Gasteiger charge is -2.18. The van der Waals surface area contributed by atoms with Gasteiger partial charge < -0.3 is 14.2 Å². The SMILES string of the molecule is CC/C=C\C/C=C\C/C=C\C/C=C\C/C=C\CC(=O)OCC(COCCCCCCCC/C=C\C/C=C\CCCCC)OC(=O)CCCCCCC/C=C\C/C=C\C/C=C\CC. The lowest BCUT2D eigenvalue weighted by Crippen LogP contribution is -2.30. The zero-order chi connectivity index (χ0) is 44.9. The molecule has 350 valence electrons. The van der Waals surface area contributed by atoms with Gasteiger partial charge in [0.05, 0.1) is 13.0 Å². The second-order valence-corrected chi connectivity index (χ2v) is 16.0. The van der Waals surface area contributed by atoms with E-state index in [1.165, 1.54) is 57.8 Å². The molecule has 0 aromatic rings. The number of rotatable bonds is 44. The highest BCUT2D eigenvalue weighted by Crippen LogP contribution is 2.12. The minimum absolute atomic E-state index is 0.0121. The Bertz CT molecular complexity index is 1290. The number of hydrogen-bond donors (Lipinski definition) is 0. The molecule has 0 aliphatic rings. The van der Waals surface area contributed by atoms with Crippen LogP contribution in [0.25, 0.3) is 0 Å². The smallest absolute Gasteiger partial charge is 0.309 e. The maximum atomic E-state index is 12.8. The molecular weight excluding hydrogens is 765 g/mol. The van der Waals surface area contributed by atoms with Crippen LogP contribution in [0.15, 0.2) is 122 Å². The van der Waals surface area contributed by atoms with E-state index in [0.29, 0.717) is 13.0 Å². The summed E-state index contributed by atoms with van der Waals surface area (Å²) in [6.45, 7) is 7.41. The predicted octanol–water partition coefficient (Wildman–Crippen LogP) is 17.0. The predicted molar refractivity (Wildman–Crippen MR) is 269 cm³/mol. The van der Waals surface area contributed by atoms with Crippen molar-refractivity contribution in [1.29, 1.82) is 0 Å². The van der Waals surface area contributed by atoms with Crippen LogP contribution < -0.4 is 0 Å². The minimum Gasteiger partial charge on any atom is -0.461 e. The number of carbonyl (C=O) groups is 2. The molecule has 0 aliphatic carbocycles. The summed E-state index contributed by atoms with van der Waals surface area (Å²) in [7, 11) is 0. The van der Waals surface area contributed by atoms with Gasteiger partial charge in [-0.15, -0.1) is 0 Å². The van der Waals surface area contributed by atoms with Crippen molar-refractivity contribution in [3.63, 3.8) is 0 Å². The molecule has 0 bridgehead atoms. The van der Waals surface area contributed by atoms with Gasteiger partial charge in [0.15, 0.2) is 6.10 Å². The molecule has 5 nitrogen and oxygen atoms in total. The number of unbranched alkanes of at least 4 members (excludes halogenated alkanes) is 14. The molecule has 1 unspecified atom stereocenters. The van der Waals surface area contributed by atoms with Crippen molar-refractivity contribution in [2.24, 2.45) is 0 Å². The van der Waals surface area contributed by atoms with E-state index in [1.807, 2.05) is 12.2 Å². The van der Waals surface area contributed by atoms with Crippen molar-refractivity contribution in [3.8, 4) is 0 Å². The van der Waals surface area contributed by atoms with Gasteiger partial charge in [-0.2, -0.15) is 0 Å². The van der Waals surface area contributed by atoms with Crippen LogP contribution in [0.2, 0.25) is 0 Å². The number of hydrogen-bond acceptors (Lipinski definition) is 5. The van der Waals surface area contributed by atoms with Crippen LogP contribution >= 0.6 is 0 Å². The molecule has 0 fully saturated rings. The Morgan fingerprint density at radius 3 is 1.24 bits per heavy atom. The zero-order valence-electron chi connectivity index (χ0n) is 40.1. The first kappa shape index (κ1) is 58.3. The van der Waals surface area contributed by atoms with Crippen molar-refractivity contribution in [3.05, 3.63) is 122 Å². The highest BCUT2D eigenvalue weighted by molar-refractivity contribution is 5.71. The normalized spacial score (nSPS) is 13.3. The van der Waals surface area contributed by atoms with E-state index in [-0.39, 0.29) is 31.6 Å². The van der Waals surface area contributed by atoms with E-state index >= 15 is 0 Å². The molecule has 62 heavy (non-hydrogen) atoms. The molecule has 0 aliphatic heterocycles. The van der Waals surface area contributed by atoms with E-state index in [0.717, 1.165) is 109 Å². The van der Waals surface area contributed by atoms with Gasteiger partial charge in [0, 0.05) is 13.0 Å². The summed E-state index contributed by atoms with van der Waals surface area (Å²) in [5.41, 5.74) is 0. The molecule has 5 heteroatoms. The van der Waals surface area contributed by atoms with E-state index in [9.17, 15) is 9.59 Å². The zero-order valence-corrected chi connectivity index (χ0v) is 40.1. The molecule has 0 saturated heterocycles. The van der Waals surface area contributed by atoms with E-state index < -0.39 is 6.10 Å². The average Bonchev–Trinajstić information content (AvgIpc) is 3.27. The third-order valence-corrected chi connectivity index (χ3v) is 10.00. The molecule has 0 amide bonds. The van der Waals surface area contributed by atoms with Crippen LogP contribution in [-0.4, -0.2) is 37.9 Å². The summed E-state index contributed by atoms with van der Waals surface area (Å²) in [5.74, 6) is -0.578. The molecular formula is C57H92O5. The Kier molecular flexibility index (Phi) is 48.6. The minimum atomic E-state index is -0.598. The Balaban J connectivity index is 4.47. The van der Waals surface area contributed by atoms with Gasteiger partial charge in [-0.1, -0.05) is 200 Å². The number of ether oxygens (including phenoxy) is 3. The largest absolute Gasteiger partial charge is 0.461 e. The Morgan fingerprint density at radius 2 is 0.774 bits per heavy atom. The van der Waals surface area contributed by atoms with Crippen molar-refractivity contribution in [2.45, 2.75) is 207 Å². The first-order chi connectivity index (χ1) is 30.6. The second kappa shape index (κ2) is 51.6. The lowest BCUT2D eigenvalue weighted by molar-refractivity contribution is -0.162. The highest BCUT2D eigenvalue weighted by atomic mass is 16.6. The lowest BCUT2D eigenvalue weighted by atomic mass is 10.1. The molecule has 0 saturated carbocycles. The molecule has 0 rings (SSSR count). The van der Waals surface area contributed by atoms with Crippen LogP contribution in [0.3, 0.4) is 0 Å². The van der Waals surface area contributed by atoms with Crippen LogP contribution in [-0.2, 0) is 23.8 Å². The summed E-state index contributed by atoms with van der Waals surface area (Å²) >= 11 is 0. The van der Waals surface area contributed by atoms with E-state index in [2.05, 4.69) is 130 Å². The molecule has 0 aromatic carbocycles. The van der Waals surface area contributed by atoms with Gasteiger partial charge in [-0.3, -0.25) is 9.59 Å². The Morgan fingerprint density at radius 1 is 0.387 bits per heavy atom. The van der Waals surface area contributed by atoms with Crippen LogP contribution in [0, 0.1) is 0 Å². The van der Waals surface area contributed by atoms with E-state index in [4.69, 9.17) is 14.2 Å². The van der Waals surface area contributed by atoms with Gasteiger partial charge in [0.25, 0.3) is 0 Å². The van der Waals surface area contributed by atoms with E-state index in [1.54, 1.807) is 0 Å². The Hall–Kier alpha value is -3.70. The van der Waals surface area contributed by atoms with Crippen molar-refractivity contribution in [1.82, 2.24) is 0 Å². The van der Waals surface area contributed by atoms with Gasteiger partial charge >= 0.3 is 11.9 Å².